The quantitative estimate of drug-likeness (QED) is 0.606. The van der Waals surface area contributed by atoms with Gasteiger partial charge in [-0.3, -0.25) is 0 Å². The molecule has 0 aromatic heterocycles. The van der Waals surface area contributed by atoms with Crippen LogP contribution < -0.4 is 0 Å². The van der Waals surface area contributed by atoms with Crippen LogP contribution in [0.3, 0.4) is 0 Å². The van der Waals surface area contributed by atoms with Crippen molar-refractivity contribution in [2.45, 2.75) is 39.0 Å². The molecule has 0 saturated heterocycles. The summed E-state index contributed by atoms with van der Waals surface area (Å²) in [5.74, 6) is 0. The topological polar surface area (TPSA) is 20.2 Å². The van der Waals surface area contributed by atoms with Crippen LogP contribution in [0, 0.1) is 0 Å². The van der Waals surface area contributed by atoms with E-state index < -0.39 is 0 Å². The molecule has 22 heavy (non-hydrogen) atoms. The number of aliphatic hydroxyl groups is 1. The lowest BCUT2D eigenvalue weighted by Crippen LogP contribution is -2.02. The molecule has 114 valence electrons. The highest BCUT2D eigenvalue weighted by Gasteiger charge is 2.13. The van der Waals surface area contributed by atoms with Gasteiger partial charge in [0, 0.05) is 6.61 Å². The summed E-state index contributed by atoms with van der Waals surface area (Å²) >= 11 is 0. The average Bonchev–Trinajstić information content (AvgIpc) is 2.61. The van der Waals surface area contributed by atoms with E-state index in [4.69, 9.17) is 5.11 Å². The lowest BCUT2D eigenvalue weighted by Gasteiger charge is -2.18. The van der Waals surface area contributed by atoms with Gasteiger partial charge >= 0.3 is 0 Å². The first-order valence-corrected chi connectivity index (χ1v) is 8.38. The Morgan fingerprint density at radius 1 is 0.818 bits per heavy atom. The highest BCUT2D eigenvalue weighted by atomic mass is 16.2. The van der Waals surface area contributed by atoms with Gasteiger partial charge in [0.05, 0.1) is 0 Å². The molecule has 0 bridgehead atoms. The van der Waals surface area contributed by atoms with E-state index in [2.05, 4.69) is 48.5 Å². The van der Waals surface area contributed by atoms with Crippen LogP contribution in [0.15, 0.2) is 48.5 Å². The van der Waals surface area contributed by atoms with E-state index in [0.29, 0.717) is 6.61 Å². The number of hydrogen-bond acceptors (Lipinski definition) is 1. The maximum atomic E-state index is 7.88. The predicted molar refractivity (Wildman–Crippen MR) is 95.5 cm³/mol. The molecule has 3 aromatic carbocycles. The third kappa shape index (κ3) is 2.86. The van der Waals surface area contributed by atoms with Crippen LogP contribution in [0.5, 0.6) is 0 Å². The van der Waals surface area contributed by atoms with Gasteiger partial charge in [0.25, 0.3) is 0 Å². The van der Waals surface area contributed by atoms with Crippen LogP contribution in [0.1, 0.15) is 37.3 Å². The number of aryl methyl sites for hydroxylation is 2. The first kappa shape index (κ1) is 15.1. The fourth-order valence-corrected chi connectivity index (χ4v) is 3.34. The SMILES string of the molecule is CCCO.c1ccc2c(c1)ccc1c3c(ccc12)CCCC3. The lowest BCUT2D eigenvalue weighted by atomic mass is 9.86. The van der Waals surface area contributed by atoms with Gasteiger partial charge in [-0.2, -0.15) is 0 Å². The van der Waals surface area contributed by atoms with Crippen LogP contribution in [0.4, 0.5) is 0 Å². The van der Waals surface area contributed by atoms with Gasteiger partial charge in [-0.1, -0.05) is 55.5 Å². The molecule has 0 saturated carbocycles. The monoisotopic (exact) mass is 292 g/mol. The first-order chi connectivity index (χ1) is 10.8. The maximum Gasteiger partial charge on any atom is 0.0428 e. The minimum atomic E-state index is 0.319. The zero-order chi connectivity index (χ0) is 15.4. The highest BCUT2D eigenvalue weighted by Crippen LogP contribution is 2.33. The average molecular weight is 292 g/mol. The molecule has 0 heterocycles. The van der Waals surface area contributed by atoms with Crippen LogP contribution in [-0.4, -0.2) is 11.7 Å². The molecule has 0 fully saturated rings. The third-order valence-corrected chi connectivity index (χ3v) is 4.48. The zero-order valence-electron chi connectivity index (χ0n) is 13.3. The smallest absolute Gasteiger partial charge is 0.0428 e. The van der Waals surface area contributed by atoms with E-state index >= 15 is 0 Å². The van der Waals surface area contributed by atoms with E-state index in [1.807, 2.05) is 6.92 Å². The molecule has 0 amide bonds. The van der Waals surface area contributed by atoms with Crippen molar-refractivity contribution in [2.24, 2.45) is 0 Å². The van der Waals surface area contributed by atoms with Gasteiger partial charge in [-0.05, 0) is 64.8 Å². The van der Waals surface area contributed by atoms with Crippen molar-refractivity contribution in [3.63, 3.8) is 0 Å². The van der Waals surface area contributed by atoms with Crippen molar-refractivity contribution < 1.29 is 5.11 Å². The summed E-state index contributed by atoms with van der Waals surface area (Å²) in [5, 5.41) is 13.5. The second-order valence-electron chi connectivity index (χ2n) is 6.02. The Morgan fingerprint density at radius 2 is 1.55 bits per heavy atom. The van der Waals surface area contributed by atoms with Gasteiger partial charge in [-0.15, -0.1) is 0 Å². The molecule has 1 aliphatic rings. The first-order valence-electron chi connectivity index (χ1n) is 8.38. The van der Waals surface area contributed by atoms with E-state index in [-0.39, 0.29) is 0 Å². The molecule has 0 radical (unpaired) electrons. The molecule has 3 aromatic rings. The van der Waals surface area contributed by atoms with Crippen LogP contribution in [-0.2, 0) is 12.8 Å². The second-order valence-corrected chi connectivity index (χ2v) is 6.02. The van der Waals surface area contributed by atoms with Crippen LogP contribution >= 0.6 is 0 Å². The molecule has 0 aliphatic heterocycles. The summed E-state index contributed by atoms with van der Waals surface area (Å²) in [6.07, 6.45) is 6.09. The summed E-state index contributed by atoms with van der Waals surface area (Å²) in [7, 11) is 0. The number of aliphatic hydroxyl groups excluding tert-OH is 1. The summed E-state index contributed by atoms with van der Waals surface area (Å²) < 4.78 is 0. The predicted octanol–water partition coefficient (Wildman–Crippen LogP) is 5.26. The van der Waals surface area contributed by atoms with Crippen molar-refractivity contribution in [3.8, 4) is 0 Å². The molecular formula is C21H24O. The summed E-state index contributed by atoms with van der Waals surface area (Å²) in [6.45, 7) is 2.25. The number of rotatable bonds is 1. The number of benzene rings is 3. The van der Waals surface area contributed by atoms with Gasteiger partial charge in [0.1, 0.15) is 0 Å². The minimum absolute atomic E-state index is 0.319. The summed E-state index contributed by atoms with van der Waals surface area (Å²) in [4.78, 5) is 0. The van der Waals surface area contributed by atoms with E-state index in [0.717, 1.165) is 6.42 Å². The van der Waals surface area contributed by atoms with E-state index in [9.17, 15) is 0 Å². The molecule has 1 aliphatic carbocycles. The number of hydrogen-bond donors (Lipinski definition) is 1. The van der Waals surface area contributed by atoms with E-state index in [1.54, 1.807) is 11.1 Å². The second kappa shape index (κ2) is 6.93. The Labute approximate surface area is 132 Å². The van der Waals surface area contributed by atoms with Crippen molar-refractivity contribution >= 4 is 21.5 Å². The van der Waals surface area contributed by atoms with Gasteiger partial charge in [0.15, 0.2) is 0 Å². The standard InChI is InChI=1S/C18H16.C3H8O/c1-3-7-15-13(5-1)9-11-18-16-8-4-2-6-14(16)10-12-17(15)18;1-2-3-4/h1,3,5,7,9-12H,2,4,6,8H2;4H,2-3H2,1H3. The third-order valence-electron chi connectivity index (χ3n) is 4.48. The van der Waals surface area contributed by atoms with Crippen molar-refractivity contribution in [2.75, 3.05) is 6.61 Å². The van der Waals surface area contributed by atoms with Crippen molar-refractivity contribution in [1.29, 1.82) is 0 Å². The largest absolute Gasteiger partial charge is 0.396 e. The number of fused-ring (bicyclic) bond motifs is 5. The Balaban J connectivity index is 0.000000325. The minimum Gasteiger partial charge on any atom is -0.396 e. The molecule has 0 unspecified atom stereocenters. The van der Waals surface area contributed by atoms with Crippen molar-refractivity contribution in [1.82, 2.24) is 0 Å². The maximum absolute atomic E-state index is 7.88. The van der Waals surface area contributed by atoms with Crippen molar-refractivity contribution in [3.05, 3.63) is 59.7 Å². The Hall–Kier alpha value is -1.86. The summed E-state index contributed by atoms with van der Waals surface area (Å²) in [5.41, 5.74) is 3.17. The van der Waals surface area contributed by atoms with E-state index in [1.165, 1.54) is 47.2 Å². The zero-order valence-corrected chi connectivity index (χ0v) is 13.3. The molecular weight excluding hydrogens is 268 g/mol. The van der Waals surface area contributed by atoms with Gasteiger partial charge in [-0.25, -0.2) is 0 Å². The normalized spacial score (nSPS) is 13.5. The molecule has 0 spiro atoms. The molecule has 1 N–H and O–H groups in total. The van der Waals surface area contributed by atoms with Gasteiger partial charge < -0.3 is 5.11 Å². The molecule has 1 nitrogen and oxygen atoms in total. The Kier molecular flexibility index (Phi) is 4.74. The molecule has 0 atom stereocenters. The van der Waals surface area contributed by atoms with Gasteiger partial charge in [0.2, 0.25) is 0 Å². The molecule has 4 rings (SSSR count). The summed E-state index contributed by atoms with van der Waals surface area (Å²) in [6, 6.07) is 18.0. The van der Waals surface area contributed by atoms with Crippen LogP contribution in [0.25, 0.3) is 21.5 Å². The Bertz CT molecular complexity index is 771. The highest BCUT2D eigenvalue weighted by molar-refractivity contribution is 6.08. The molecule has 1 heteroatoms. The van der Waals surface area contributed by atoms with Crippen LogP contribution in [0.2, 0.25) is 0 Å². The lowest BCUT2D eigenvalue weighted by molar-refractivity contribution is 0.295. The Morgan fingerprint density at radius 3 is 2.36 bits per heavy atom. The fourth-order valence-electron chi connectivity index (χ4n) is 3.34. The fraction of sp³-hybridized carbons (Fsp3) is 0.333.